The van der Waals surface area contributed by atoms with Gasteiger partial charge in [-0.3, -0.25) is 0 Å². The van der Waals surface area contributed by atoms with Gasteiger partial charge >= 0.3 is 0 Å². The van der Waals surface area contributed by atoms with Crippen LogP contribution in [0.1, 0.15) is 84.3 Å². The molecule has 3 nitrogen and oxygen atoms in total. The predicted molar refractivity (Wildman–Crippen MR) is 89.0 cm³/mol. The monoisotopic (exact) mass is 343 g/mol. The minimum absolute atomic E-state index is 0.163. The molecule has 1 heterocycles. The van der Waals surface area contributed by atoms with Crippen molar-refractivity contribution >= 4 is 15.9 Å². The SMILES string of the molecule is CCCCCCC(C)(CCCCC)c1nn(C)nc1Br. The first-order valence-electron chi connectivity index (χ1n) is 8.10. The number of halogens is 1. The van der Waals surface area contributed by atoms with E-state index in [9.17, 15) is 0 Å². The van der Waals surface area contributed by atoms with Gasteiger partial charge in [0.25, 0.3) is 0 Å². The van der Waals surface area contributed by atoms with Gasteiger partial charge in [-0.25, -0.2) is 0 Å². The Labute approximate surface area is 132 Å². The highest BCUT2D eigenvalue weighted by atomic mass is 79.9. The highest BCUT2D eigenvalue weighted by molar-refractivity contribution is 9.10. The van der Waals surface area contributed by atoms with Gasteiger partial charge < -0.3 is 0 Å². The molecule has 0 aliphatic carbocycles. The summed E-state index contributed by atoms with van der Waals surface area (Å²) in [5, 5.41) is 8.99. The quantitative estimate of drug-likeness (QED) is 0.533. The summed E-state index contributed by atoms with van der Waals surface area (Å²) in [5.41, 5.74) is 1.31. The third kappa shape index (κ3) is 5.19. The number of aryl methyl sites for hydroxylation is 1. The van der Waals surface area contributed by atoms with Gasteiger partial charge in [-0.05, 0) is 28.8 Å². The van der Waals surface area contributed by atoms with Gasteiger partial charge in [-0.15, -0.1) is 5.10 Å². The van der Waals surface area contributed by atoms with E-state index in [1.807, 2.05) is 7.05 Å². The molecule has 0 saturated heterocycles. The van der Waals surface area contributed by atoms with Crippen LogP contribution in [0.2, 0.25) is 0 Å². The number of hydrogen-bond donors (Lipinski definition) is 0. The first-order valence-corrected chi connectivity index (χ1v) is 8.90. The van der Waals surface area contributed by atoms with Crippen molar-refractivity contribution in [1.82, 2.24) is 15.0 Å². The largest absolute Gasteiger partial charge is 0.187 e. The summed E-state index contributed by atoms with van der Waals surface area (Å²) in [6, 6.07) is 0. The number of aromatic nitrogens is 3. The molecule has 0 N–H and O–H groups in total. The molecule has 0 amide bonds. The summed E-state index contributed by atoms with van der Waals surface area (Å²) in [4.78, 5) is 1.68. The number of nitrogens with zero attached hydrogens (tertiary/aromatic N) is 3. The first kappa shape index (κ1) is 17.7. The Hall–Kier alpha value is -0.380. The van der Waals surface area contributed by atoms with Gasteiger partial charge in [0, 0.05) is 12.5 Å². The van der Waals surface area contributed by atoms with Gasteiger partial charge in [-0.1, -0.05) is 65.7 Å². The normalized spacial score (nSPS) is 14.4. The van der Waals surface area contributed by atoms with Crippen LogP contribution in [0, 0.1) is 0 Å². The second kappa shape index (κ2) is 8.81. The van der Waals surface area contributed by atoms with E-state index >= 15 is 0 Å². The summed E-state index contributed by atoms with van der Waals surface area (Å²) < 4.78 is 0.925. The smallest absolute Gasteiger partial charge is 0.152 e. The Morgan fingerprint density at radius 1 is 0.950 bits per heavy atom. The van der Waals surface area contributed by atoms with Gasteiger partial charge in [0.1, 0.15) is 5.69 Å². The second-order valence-electron chi connectivity index (χ2n) is 6.16. The Balaban J connectivity index is 2.74. The van der Waals surface area contributed by atoms with Crippen molar-refractivity contribution in [3.05, 3.63) is 10.3 Å². The molecular weight excluding hydrogens is 314 g/mol. The second-order valence-corrected chi connectivity index (χ2v) is 6.91. The van der Waals surface area contributed by atoms with Crippen LogP contribution < -0.4 is 0 Å². The molecule has 1 rings (SSSR count). The van der Waals surface area contributed by atoms with E-state index in [2.05, 4.69) is 46.9 Å². The van der Waals surface area contributed by atoms with Gasteiger partial charge in [0.15, 0.2) is 4.60 Å². The van der Waals surface area contributed by atoms with E-state index < -0.39 is 0 Å². The third-order valence-corrected chi connectivity index (χ3v) is 4.69. The summed E-state index contributed by atoms with van der Waals surface area (Å²) in [5.74, 6) is 0. The molecule has 0 aliphatic heterocycles. The van der Waals surface area contributed by atoms with E-state index in [1.54, 1.807) is 4.80 Å². The Bertz CT molecular complexity index is 389. The first-order chi connectivity index (χ1) is 9.53. The standard InChI is InChI=1S/C16H30BrN3/c1-5-7-9-11-13-16(3,12-10-8-6-2)14-15(17)19-20(4)18-14/h5-13H2,1-4H3. The topological polar surface area (TPSA) is 30.7 Å². The highest BCUT2D eigenvalue weighted by Crippen LogP contribution is 2.37. The van der Waals surface area contributed by atoms with Crippen LogP contribution in [-0.4, -0.2) is 15.0 Å². The highest BCUT2D eigenvalue weighted by Gasteiger charge is 2.31. The molecule has 1 atom stereocenters. The third-order valence-electron chi connectivity index (χ3n) is 4.16. The molecule has 1 aromatic rings. The van der Waals surface area contributed by atoms with Crippen molar-refractivity contribution in [3.8, 4) is 0 Å². The van der Waals surface area contributed by atoms with E-state index in [0.29, 0.717) is 0 Å². The lowest BCUT2D eigenvalue weighted by Gasteiger charge is -2.28. The zero-order chi connectivity index (χ0) is 15.0. The maximum Gasteiger partial charge on any atom is 0.152 e. The molecular formula is C16H30BrN3. The number of rotatable bonds is 10. The number of hydrogen-bond acceptors (Lipinski definition) is 2. The summed E-state index contributed by atoms with van der Waals surface area (Å²) in [6.07, 6.45) is 11.5. The Morgan fingerprint density at radius 3 is 2.00 bits per heavy atom. The van der Waals surface area contributed by atoms with Crippen LogP contribution in [0.25, 0.3) is 0 Å². The molecule has 4 heteroatoms. The lowest BCUT2D eigenvalue weighted by molar-refractivity contribution is 0.353. The molecule has 1 aromatic heterocycles. The van der Waals surface area contributed by atoms with Crippen LogP contribution in [0.15, 0.2) is 4.60 Å². The molecule has 116 valence electrons. The molecule has 0 saturated carbocycles. The van der Waals surface area contributed by atoms with Crippen LogP contribution >= 0.6 is 15.9 Å². The van der Waals surface area contributed by atoms with Crippen LogP contribution in [0.3, 0.4) is 0 Å². The van der Waals surface area contributed by atoms with Gasteiger partial charge in [-0.2, -0.15) is 9.90 Å². The zero-order valence-electron chi connectivity index (χ0n) is 13.6. The maximum absolute atomic E-state index is 4.62. The van der Waals surface area contributed by atoms with Crippen molar-refractivity contribution < 1.29 is 0 Å². The summed E-state index contributed by atoms with van der Waals surface area (Å²) in [6.45, 7) is 6.89. The van der Waals surface area contributed by atoms with Crippen LogP contribution in [0.5, 0.6) is 0 Å². The fourth-order valence-corrected chi connectivity index (χ4v) is 3.61. The average Bonchev–Trinajstić information content (AvgIpc) is 2.75. The molecule has 0 aliphatic rings. The minimum Gasteiger partial charge on any atom is -0.187 e. The predicted octanol–water partition coefficient (Wildman–Crippen LogP) is 5.39. The molecule has 0 fully saturated rings. The molecule has 0 bridgehead atoms. The van der Waals surface area contributed by atoms with E-state index in [4.69, 9.17) is 0 Å². The average molecular weight is 344 g/mol. The van der Waals surface area contributed by atoms with E-state index in [1.165, 1.54) is 57.8 Å². The van der Waals surface area contributed by atoms with Crippen molar-refractivity contribution in [1.29, 1.82) is 0 Å². The maximum atomic E-state index is 4.62. The summed E-state index contributed by atoms with van der Waals surface area (Å²) >= 11 is 3.59. The van der Waals surface area contributed by atoms with Gasteiger partial charge in [0.05, 0.1) is 0 Å². The van der Waals surface area contributed by atoms with Gasteiger partial charge in [0.2, 0.25) is 0 Å². The Kier molecular flexibility index (Phi) is 7.78. The summed E-state index contributed by atoms with van der Waals surface area (Å²) in [7, 11) is 1.90. The fraction of sp³-hybridized carbons (Fsp3) is 0.875. The fourth-order valence-electron chi connectivity index (χ4n) is 2.82. The molecule has 0 spiro atoms. The van der Waals surface area contributed by atoms with Crippen molar-refractivity contribution in [3.63, 3.8) is 0 Å². The number of unbranched alkanes of at least 4 members (excludes halogenated alkanes) is 5. The van der Waals surface area contributed by atoms with Crippen molar-refractivity contribution in [2.75, 3.05) is 0 Å². The Morgan fingerprint density at radius 2 is 1.50 bits per heavy atom. The molecule has 0 aromatic carbocycles. The molecule has 20 heavy (non-hydrogen) atoms. The lowest BCUT2D eigenvalue weighted by Crippen LogP contribution is -2.23. The van der Waals surface area contributed by atoms with E-state index in [-0.39, 0.29) is 5.41 Å². The minimum atomic E-state index is 0.163. The molecule has 0 radical (unpaired) electrons. The zero-order valence-corrected chi connectivity index (χ0v) is 15.2. The van der Waals surface area contributed by atoms with Crippen molar-refractivity contribution in [2.45, 2.75) is 84.0 Å². The van der Waals surface area contributed by atoms with Crippen LogP contribution in [0.4, 0.5) is 0 Å². The molecule has 1 unspecified atom stereocenters. The van der Waals surface area contributed by atoms with Crippen LogP contribution in [-0.2, 0) is 12.5 Å². The lowest BCUT2D eigenvalue weighted by atomic mass is 9.77. The van der Waals surface area contributed by atoms with E-state index in [0.717, 1.165) is 10.3 Å². The van der Waals surface area contributed by atoms with Crippen molar-refractivity contribution in [2.24, 2.45) is 7.05 Å².